The Morgan fingerprint density at radius 2 is 1.47 bits per heavy atom. The molecule has 0 spiro atoms. The van der Waals surface area contributed by atoms with E-state index in [-0.39, 0.29) is 16.6 Å². The number of aromatic hydroxyl groups is 1. The van der Waals surface area contributed by atoms with E-state index in [0.717, 1.165) is 16.6 Å². The summed E-state index contributed by atoms with van der Waals surface area (Å²) in [5.74, 6) is 0.198. The molecule has 5 heteroatoms. The van der Waals surface area contributed by atoms with Gasteiger partial charge in [0.2, 0.25) is 0 Å². The third kappa shape index (κ3) is 3.41. The molecule has 0 aliphatic heterocycles. The van der Waals surface area contributed by atoms with Crippen LogP contribution in [-0.2, 0) is 10.8 Å². The first-order valence-corrected chi connectivity index (χ1v) is 10.1. The first-order chi connectivity index (χ1) is 14.1. The van der Waals surface area contributed by atoms with E-state index in [4.69, 9.17) is 5.73 Å². The molecule has 0 unspecified atom stereocenters. The van der Waals surface area contributed by atoms with Gasteiger partial charge in [0.05, 0.1) is 0 Å². The van der Waals surface area contributed by atoms with Crippen LogP contribution < -0.4 is 5.73 Å². The average Bonchev–Trinajstić information content (AvgIpc) is 3.10. The standard InChI is InChI=1S/C25H28N4O/c1-24(2,3)19-13-17(25(4,5)16-9-7-6-8-10-16)14-22(23(19)30)29-27-20-12-11-18(26)15-21(20)28-29/h6-15,30H,26H2,1-5H3. The largest absolute Gasteiger partial charge is 0.505 e. The highest BCUT2D eigenvalue weighted by molar-refractivity contribution is 5.78. The summed E-state index contributed by atoms with van der Waals surface area (Å²) in [7, 11) is 0. The molecule has 1 heterocycles. The van der Waals surface area contributed by atoms with Crippen molar-refractivity contribution in [2.45, 2.75) is 45.4 Å². The number of phenols is 1. The number of nitrogen functional groups attached to an aromatic ring is 1. The Morgan fingerprint density at radius 1 is 0.800 bits per heavy atom. The molecule has 0 aliphatic rings. The van der Waals surface area contributed by atoms with Crippen LogP contribution in [0.4, 0.5) is 5.69 Å². The van der Waals surface area contributed by atoms with Crippen LogP contribution in [0.3, 0.4) is 0 Å². The Kier molecular flexibility index (Phi) is 4.57. The van der Waals surface area contributed by atoms with Crippen LogP contribution in [0.1, 0.15) is 51.3 Å². The molecule has 0 atom stereocenters. The molecule has 4 rings (SSSR count). The first-order valence-electron chi connectivity index (χ1n) is 10.1. The second-order valence-corrected chi connectivity index (χ2v) is 9.37. The summed E-state index contributed by atoms with van der Waals surface area (Å²) in [6.07, 6.45) is 0. The number of nitrogens with two attached hydrogens (primary N) is 1. The molecule has 0 radical (unpaired) electrons. The number of hydrogen-bond donors (Lipinski definition) is 2. The molecule has 0 fully saturated rings. The number of hydrogen-bond acceptors (Lipinski definition) is 4. The summed E-state index contributed by atoms with van der Waals surface area (Å²) in [6, 6.07) is 19.9. The van der Waals surface area contributed by atoms with Crippen molar-refractivity contribution < 1.29 is 5.11 Å². The zero-order chi connectivity index (χ0) is 21.7. The molecule has 1 aromatic heterocycles. The van der Waals surface area contributed by atoms with Crippen LogP contribution >= 0.6 is 0 Å². The fraction of sp³-hybridized carbons (Fsp3) is 0.280. The highest BCUT2D eigenvalue weighted by Gasteiger charge is 2.29. The van der Waals surface area contributed by atoms with Gasteiger partial charge in [-0.15, -0.1) is 15.0 Å². The van der Waals surface area contributed by atoms with E-state index in [1.54, 1.807) is 12.1 Å². The molecule has 4 aromatic rings. The van der Waals surface area contributed by atoms with Gasteiger partial charge in [-0.25, -0.2) is 0 Å². The summed E-state index contributed by atoms with van der Waals surface area (Å²) in [5, 5.41) is 20.4. The van der Waals surface area contributed by atoms with Crippen molar-refractivity contribution in [1.29, 1.82) is 0 Å². The molecule has 3 aromatic carbocycles. The summed E-state index contributed by atoms with van der Waals surface area (Å²) in [6.45, 7) is 10.7. The molecular weight excluding hydrogens is 372 g/mol. The SMILES string of the molecule is CC(C)(C)c1cc(C(C)(C)c2ccccc2)cc(-n2nc3ccc(N)cc3n2)c1O. The zero-order valence-corrected chi connectivity index (χ0v) is 18.1. The second-order valence-electron chi connectivity index (χ2n) is 9.37. The van der Waals surface area contributed by atoms with Crippen LogP contribution in [0, 0.1) is 0 Å². The van der Waals surface area contributed by atoms with Crippen molar-refractivity contribution in [3.8, 4) is 11.4 Å². The van der Waals surface area contributed by atoms with Crippen molar-refractivity contribution in [3.05, 3.63) is 77.4 Å². The molecular formula is C25H28N4O. The Balaban J connectivity index is 1.97. The minimum absolute atomic E-state index is 0.198. The predicted molar refractivity (Wildman–Crippen MR) is 122 cm³/mol. The zero-order valence-electron chi connectivity index (χ0n) is 18.1. The van der Waals surface area contributed by atoms with Gasteiger partial charge >= 0.3 is 0 Å². The van der Waals surface area contributed by atoms with Crippen LogP contribution in [0.5, 0.6) is 5.75 Å². The summed E-state index contributed by atoms with van der Waals surface area (Å²) in [5.41, 5.74) is 11.2. The Bertz CT molecular complexity index is 1220. The van der Waals surface area contributed by atoms with Gasteiger partial charge in [-0.2, -0.15) is 0 Å². The lowest BCUT2D eigenvalue weighted by Gasteiger charge is -2.30. The van der Waals surface area contributed by atoms with Crippen LogP contribution in [-0.4, -0.2) is 20.1 Å². The molecule has 30 heavy (non-hydrogen) atoms. The molecule has 0 aliphatic carbocycles. The van der Waals surface area contributed by atoms with E-state index in [9.17, 15) is 5.11 Å². The maximum atomic E-state index is 11.2. The first kappa shape index (κ1) is 20.0. The van der Waals surface area contributed by atoms with Gasteiger partial charge in [-0.05, 0) is 40.8 Å². The Labute approximate surface area is 177 Å². The van der Waals surface area contributed by atoms with Gasteiger partial charge in [0.25, 0.3) is 0 Å². The number of aromatic nitrogens is 3. The van der Waals surface area contributed by atoms with E-state index in [2.05, 4.69) is 75.1 Å². The van der Waals surface area contributed by atoms with Crippen molar-refractivity contribution in [2.75, 3.05) is 5.73 Å². The van der Waals surface area contributed by atoms with E-state index in [1.165, 1.54) is 10.4 Å². The second kappa shape index (κ2) is 6.87. The lowest BCUT2D eigenvalue weighted by molar-refractivity contribution is 0.438. The minimum atomic E-state index is -0.263. The predicted octanol–water partition coefficient (Wildman–Crippen LogP) is 5.33. The van der Waals surface area contributed by atoms with E-state index < -0.39 is 0 Å². The third-order valence-electron chi connectivity index (χ3n) is 5.73. The summed E-state index contributed by atoms with van der Waals surface area (Å²) in [4.78, 5) is 1.51. The van der Waals surface area contributed by atoms with Gasteiger partial charge in [0.15, 0.2) is 0 Å². The van der Waals surface area contributed by atoms with Crippen molar-refractivity contribution in [2.24, 2.45) is 0 Å². The fourth-order valence-electron chi connectivity index (χ4n) is 3.76. The topological polar surface area (TPSA) is 77.0 Å². The van der Waals surface area contributed by atoms with Crippen LogP contribution in [0.2, 0.25) is 0 Å². The molecule has 0 saturated carbocycles. The molecule has 154 valence electrons. The monoisotopic (exact) mass is 400 g/mol. The number of anilines is 1. The van der Waals surface area contributed by atoms with Gasteiger partial charge < -0.3 is 10.8 Å². The lowest BCUT2D eigenvalue weighted by atomic mass is 9.75. The molecule has 5 nitrogen and oxygen atoms in total. The maximum absolute atomic E-state index is 11.2. The van der Waals surface area contributed by atoms with E-state index >= 15 is 0 Å². The Morgan fingerprint density at radius 3 is 2.13 bits per heavy atom. The van der Waals surface area contributed by atoms with Crippen molar-refractivity contribution >= 4 is 16.7 Å². The lowest BCUT2D eigenvalue weighted by Crippen LogP contribution is -2.22. The summed E-state index contributed by atoms with van der Waals surface area (Å²) >= 11 is 0. The van der Waals surface area contributed by atoms with Crippen LogP contribution in [0.15, 0.2) is 60.7 Å². The van der Waals surface area contributed by atoms with Gasteiger partial charge in [-0.3, -0.25) is 0 Å². The molecule has 0 saturated heterocycles. The minimum Gasteiger partial charge on any atom is -0.505 e. The van der Waals surface area contributed by atoms with Gasteiger partial charge in [0.1, 0.15) is 22.5 Å². The number of nitrogens with zero attached hydrogens (tertiary/aromatic N) is 3. The van der Waals surface area contributed by atoms with Crippen LogP contribution in [0.25, 0.3) is 16.7 Å². The number of rotatable bonds is 3. The molecule has 0 amide bonds. The number of benzene rings is 3. The highest BCUT2D eigenvalue weighted by atomic mass is 16.3. The Hall–Kier alpha value is -3.34. The van der Waals surface area contributed by atoms with E-state index in [1.807, 2.05) is 18.2 Å². The quantitative estimate of drug-likeness (QED) is 0.456. The maximum Gasteiger partial charge on any atom is 0.146 e. The smallest absolute Gasteiger partial charge is 0.146 e. The number of fused-ring (bicyclic) bond motifs is 1. The normalized spacial score (nSPS) is 12.4. The highest BCUT2D eigenvalue weighted by Crippen LogP contribution is 2.41. The molecule has 0 bridgehead atoms. The molecule has 3 N–H and O–H groups in total. The van der Waals surface area contributed by atoms with Crippen molar-refractivity contribution in [3.63, 3.8) is 0 Å². The van der Waals surface area contributed by atoms with Gasteiger partial charge in [-0.1, -0.05) is 71.0 Å². The number of phenolic OH excluding ortho intramolecular Hbond substituents is 1. The van der Waals surface area contributed by atoms with Crippen molar-refractivity contribution in [1.82, 2.24) is 15.0 Å². The summed E-state index contributed by atoms with van der Waals surface area (Å²) < 4.78 is 0. The average molecular weight is 401 g/mol. The fourth-order valence-corrected chi connectivity index (χ4v) is 3.76. The van der Waals surface area contributed by atoms with Gasteiger partial charge in [0, 0.05) is 16.7 Å². The third-order valence-corrected chi connectivity index (χ3v) is 5.73. The van der Waals surface area contributed by atoms with E-state index in [0.29, 0.717) is 16.9 Å².